The molecular formula is C14H25NO7. The number of aliphatic hydroxyl groups is 1. The van der Waals surface area contributed by atoms with Crippen molar-refractivity contribution >= 4 is 18.0 Å². The third-order valence-corrected chi connectivity index (χ3v) is 2.62. The summed E-state index contributed by atoms with van der Waals surface area (Å²) in [7, 11) is 2.38. The largest absolute Gasteiger partial charge is 0.467 e. The van der Waals surface area contributed by atoms with Crippen LogP contribution in [0.25, 0.3) is 0 Å². The number of nitrogens with one attached hydrogen (secondary N) is 1. The molecule has 8 nitrogen and oxygen atoms in total. The second-order valence-corrected chi connectivity index (χ2v) is 5.69. The van der Waals surface area contributed by atoms with Gasteiger partial charge in [0.25, 0.3) is 0 Å². The summed E-state index contributed by atoms with van der Waals surface area (Å²) in [5.74, 6) is -1.37. The number of hydrogen-bond donors (Lipinski definition) is 2. The minimum atomic E-state index is -1.26. The van der Waals surface area contributed by atoms with Crippen molar-refractivity contribution in [3.05, 3.63) is 0 Å². The van der Waals surface area contributed by atoms with E-state index in [-0.39, 0.29) is 12.8 Å². The Morgan fingerprint density at radius 3 is 2.05 bits per heavy atom. The molecule has 0 aliphatic rings. The van der Waals surface area contributed by atoms with Gasteiger partial charge in [-0.05, 0) is 40.0 Å². The van der Waals surface area contributed by atoms with E-state index in [1.165, 1.54) is 14.2 Å². The number of ether oxygens (including phenoxy) is 3. The van der Waals surface area contributed by atoms with E-state index in [4.69, 9.17) is 4.74 Å². The van der Waals surface area contributed by atoms with Gasteiger partial charge < -0.3 is 24.6 Å². The molecule has 0 spiro atoms. The van der Waals surface area contributed by atoms with Gasteiger partial charge in [-0.15, -0.1) is 0 Å². The van der Waals surface area contributed by atoms with Crippen LogP contribution in [0.4, 0.5) is 4.79 Å². The monoisotopic (exact) mass is 319 g/mol. The molecule has 0 unspecified atom stereocenters. The minimum absolute atomic E-state index is 0.107. The van der Waals surface area contributed by atoms with E-state index in [1.807, 2.05) is 0 Å². The van der Waals surface area contributed by atoms with Gasteiger partial charge in [0, 0.05) is 0 Å². The summed E-state index contributed by atoms with van der Waals surface area (Å²) in [6.45, 7) is 5.10. The molecule has 0 fully saturated rings. The quantitative estimate of drug-likeness (QED) is 0.526. The highest BCUT2D eigenvalue weighted by Crippen LogP contribution is 2.10. The molecular weight excluding hydrogens is 294 g/mol. The fraction of sp³-hybridized carbons (Fsp3) is 0.786. The summed E-state index contributed by atoms with van der Waals surface area (Å²) in [5.41, 5.74) is -0.689. The van der Waals surface area contributed by atoms with Gasteiger partial charge in [-0.1, -0.05) is 0 Å². The average Bonchev–Trinajstić information content (AvgIpc) is 2.42. The van der Waals surface area contributed by atoms with Crippen LogP contribution in [0.15, 0.2) is 0 Å². The van der Waals surface area contributed by atoms with Gasteiger partial charge in [-0.2, -0.15) is 0 Å². The van der Waals surface area contributed by atoms with E-state index in [1.54, 1.807) is 20.8 Å². The second-order valence-electron chi connectivity index (χ2n) is 5.69. The summed E-state index contributed by atoms with van der Waals surface area (Å²) >= 11 is 0. The number of amides is 1. The van der Waals surface area contributed by atoms with Gasteiger partial charge in [-0.25, -0.2) is 14.4 Å². The van der Waals surface area contributed by atoms with Crippen molar-refractivity contribution in [2.75, 3.05) is 14.2 Å². The Morgan fingerprint density at radius 1 is 1.05 bits per heavy atom. The summed E-state index contributed by atoms with van der Waals surface area (Å²) in [6, 6.07) is -0.912. The first-order valence-corrected chi connectivity index (χ1v) is 6.94. The normalized spacial score (nSPS) is 13.7. The second kappa shape index (κ2) is 9.24. The third-order valence-electron chi connectivity index (χ3n) is 2.62. The third kappa shape index (κ3) is 8.46. The predicted molar refractivity (Wildman–Crippen MR) is 77.0 cm³/mol. The Balaban J connectivity index is 4.45. The first-order valence-electron chi connectivity index (χ1n) is 6.94. The van der Waals surface area contributed by atoms with E-state index in [9.17, 15) is 19.5 Å². The van der Waals surface area contributed by atoms with Gasteiger partial charge in [0.2, 0.25) is 0 Å². The van der Waals surface area contributed by atoms with Crippen molar-refractivity contribution in [2.24, 2.45) is 0 Å². The highest BCUT2D eigenvalue weighted by Gasteiger charge is 2.25. The Hall–Kier alpha value is -1.83. The minimum Gasteiger partial charge on any atom is -0.467 e. The maximum atomic E-state index is 11.7. The van der Waals surface area contributed by atoms with E-state index in [0.29, 0.717) is 6.42 Å². The molecule has 2 N–H and O–H groups in total. The number of alkyl carbamates (subject to hydrolysis) is 1. The highest BCUT2D eigenvalue weighted by molar-refractivity contribution is 5.81. The molecule has 0 radical (unpaired) electrons. The lowest BCUT2D eigenvalue weighted by molar-refractivity contribution is -0.150. The molecule has 0 saturated carbocycles. The number of esters is 2. The maximum absolute atomic E-state index is 11.7. The van der Waals surface area contributed by atoms with Crippen molar-refractivity contribution in [3.8, 4) is 0 Å². The fourth-order valence-electron chi connectivity index (χ4n) is 1.61. The van der Waals surface area contributed by atoms with Crippen LogP contribution in [-0.4, -0.2) is 55.1 Å². The van der Waals surface area contributed by atoms with Gasteiger partial charge in [0.1, 0.15) is 11.6 Å². The molecule has 22 heavy (non-hydrogen) atoms. The van der Waals surface area contributed by atoms with E-state index < -0.39 is 35.8 Å². The molecule has 8 heteroatoms. The lowest BCUT2D eigenvalue weighted by Gasteiger charge is -2.22. The van der Waals surface area contributed by atoms with Crippen LogP contribution in [0.5, 0.6) is 0 Å². The molecule has 0 bridgehead atoms. The van der Waals surface area contributed by atoms with Crippen molar-refractivity contribution < 1.29 is 33.7 Å². The zero-order valence-corrected chi connectivity index (χ0v) is 13.7. The van der Waals surface area contributed by atoms with Gasteiger partial charge >= 0.3 is 18.0 Å². The molecule has 1 amide bonds. The van der Waals surface area contributed by atoms with E-state index in [2.05, 4.69) is 14.8 Å². The van der Waals surface area contributed by atoms with E-state index >= 15 is 0 Å². The molecule has 0 aliphatic heterocycles. The van der Waals surface area contributed by atoms with Crippen LogP contribution in [0.2, 0.25) is 0 Å². The summed E-state index contributed by atoms with van der Waals surface area (Å²) in [5, 5.41) is 11.9. The van der Waals surface area contributed by atoms with Crippen LogP contribution < -0.4 is 5.32 Å². The zero-order chi connectivity index (χ0) is 17.3. The van der Waals surface area contributed by atoms with Crippen molar-refractivity contribution in [3.63, 3.8) is 0 Å². The maximum Gasteiger partial charge on any atom is 0.408 e. The summed E-state index contributed by atoms with van der Waals surface area (Å²) < 4.78 is 14.1. The van der Waals surface area contributed by atoms with Gasteiger partial charge in [0.05, 0.1) is 14.2 Å². The number of carbonyl (C=O) groups excluding carboxylic acids is 3. The van der Waals surface area contributed by atoms with Crippen molar-refractivity contribution in [2.45, 2.75) is 57.8 Å². The molecule has 0 saturated heterocycles. The number of rotatable bonds is 7. The molecule has 2 atom stereocenters. The van der Waals surface area contributed by atoms with Gasteiger partial charge in [-0.3, -0.25) is 0 Å². The van der Waals surface area contributed by atoms with Crippen LogP contribution in [0.3, 0.4) is 0 Å². The zero-order valence-electron chi connectivity index (χ0n) is 13.7. The standard InChI is InChI=1S/C14H25NO7/c1-14(2,3)22-13(19)15-9(11(17)20-4)7-6-8-10(16)12(18)21-5/h9-10,16H,6-8H2,1-5H3,(H,15,19)/t9-,10+/m0/s1. The Bertz CT molecular complexity index is 389. The molecule has 0 aromatic heterocycles. The first kappa shape index (κ1) is 20.2. The highest BCUT2D eigenvalue weighted by atomic mass is 16.6. The van der Waals surface area contributed by atoms with E-state index in [0.717, 1.165) is 0 Å². The average molecular weight is 319 g/mol. The van der Waals surface area contributed by atoms with Crippen LogP contribution in [0.1, 0.15) is 40.0 Å². The molecule has 0 aliphatic carbocycles. The van der Waals surface area contributed by atoms with Crippen LogP contribution in [-0.2, 0) is 23.8 Å². The molecule has 0 aromatic rings. The summed E-state index contributed by atoms with van der Waals surface area (Å²) in [4.78, 5) is 34.4. The molecule has 0 heterocycles. The Kier molecular flexibility index (Phi) is 8.47. The predicted octanol–water partition coefficient (Wildman–Crippen LogP) is 0.757. The first-order chi connectivity index (χ1) is 10.1. The Morgan fingerprint density at radius 2 is 1.59 bits per heavy atom. The Labute approximate surface area is 130 Å². The topological polar surface area (TPSA) is 111 Å². The lowest BCUT2D eigenvalue weighted by atomic mass is 10.1. The molecule has 0 rings (SSSR count). The van der Waals surface area contributed by atoms with Crippen molar-refractivity contribution in [1.29, 1.82) is 0 Å². The van der Waals surface area contributed by atoms with Crippen molar-refractivity contribution in [1.82, 2.24) is 5.32 Å². The number of carbonyl (C=O) groups is 3. The number of hydrogen-bond acceptors (Lipinski definition) is 7. The smallest absolute Gasteiger partial charge is 0.408 e. The molecule has 128 valence electrons. The van der Waals surface area contributed by atoms with Gasteiger partial charge in [0.15, 0.2) is 6.10 Å². The van der Waals surface area contributed by atoms with Crippen LogP contribution in [0, 0.1) is 0 Å². The number of methoxy groups -OCH3 is 2. The fourth-order valence-corrected chi connectivity index (χ4v) is 1.61. The summed E-state index contributed by atoms with van der Waals surface area (Å²) in [6.07, 6.45) is -1.39. The van der Waals surface area contributed by atoms with Crippen LogP contribution >= 0.6 is 0 Å². The molecule has 0 aromatic carbocycles. The SMILES string of the molecule is COC(=O)[C@H](O)CCC[C@H](NC(=O)OC(C)(C)C)C(=O)OC. The number of aliphatic hydroxyl groups excluding tert-OH is 1. The lowest BCUT2D eigenvalue weighted by Crippen LogP contribution is -2.44.